The molecule has 1 atom stereocenters. The van der Waals surface area contributed by atoms with Crippen LogP contribution >= 0.6 is 11.6 Å². The molecule has 0 saturated heterocycles. The van der Waals surface area contributed by atoms with Gasteiger partial charge in [0.15, 0.2) is 6.19 Å². The number of rotatable bonds is 6. The molecule has 0 fully saturated rings. The van der Waals surface area contributed by atoms with Crippen LogP contribution in [-0.4, -0.2) is 29.8 Å². The summed E-state index contributed by atoms with van der Waals surface area (Å²) in [7, 11) is 1.38. The Morgan fingerprint density at radius 2 is 1.84 bits per heavy atom. The van der Waals surface area contributed by atoms with Crippen molar-refractivity contribution in [1.82, 2.24) is 10.2 Å². The maximum atomic E-state index is 12.5. The fourth-order valence-electron chi connectivity index (χ4n) is 2.37. The van der Waals surface area contributed by atoms with Crippen molar-refractivity contribution < 1.29 is 9.59 Å². The number of hydrogen-bond acceptors (Lipinski definition) is 3. The lowest BCUT2D eigenvalue weighted by Gasteiger charge is -2.20. The highest BCUT2D eigenvalue weighted by molar-refractivity contribution is 6.17. The molecule has 2 rings (SSSR count). The lowest BCUT2D eigenvalue weighted by atomic mass is 10.0. The second-order valence-electron chi connectivity index (χ2n) is 5.55. The van der Waals surface area contributed by atoms with Crippen LogP contribution in [0.1, 0.15) is 21.5 Å². The Morgan fingerprint density at radius 3 is 2.48 bits per heavy atom. The predicted molar refractivity (Wildman–Crippen MR) is 95.8 cm³/mol. The summed E-state index contributed by atoms with van der Waals surface area (Å²) in [4.78, 5) is 25.9. The summed E-state index contributed by atoms with van der Waals surface area (Å²) >= 11 is 5.80. The van der Waals surface area contributed by atoms with Gasteiger partial charge in [0.2, 0.25) is 0 Å². The normalized spacial score (nSPS) is 11.2. The van der Waals surface area contributed by atoms with Gasteiger partial charge in [-0.05, 0) is 23.3 Å². The zero-order valence-electron chi connectivity index (χ0n) is 13.8. The molecule has 2 aromatic rings. The summed E-state index contributed by atoms with van der Waals surface area (Å²) in [5.74, 6) is -0.550. The molecule has 0 saturated carbocycles. The monoisotopic (exact) mass is 355 g/mol. The van der Waals surface area contributed by atoms with Crippen molar-refractivity contribution in [2.24, 2.45) is 0 Å². The molecule has 0 aliphatic heterocycles. The molecule has 6 heteroatoms. The van der Waals surface area contributed by atoms with Gasteiger partial charge >= 0.3 is 0 Å². The Balaban J connectivity index is 2.21. The quantitative estimate of drug-likeness (QED) is 0.492. The van der Waals surface area contributed by atoms with E-state index in [1.165, 1.54) is 7.05 Å². The minimum atomic E-state index is -0.834. The predicted octanol–water partition coefficient (Wildman–Crippen LogP) is 2.71. The number of benzene rings is 2. The number of amides is 2. The Hall–Kier alpha value is -2.84. The van der Waals surface area contributed by atoms with Gasteiger partial charge in [0.05, 0.1) is 0 Å². The molecule has 2 amide bonds. The highest BCUT2D eigenvalue weighted by Crippen LogP contribution is 2.10. The molecule has 0 radical (unpaired) electrons. The summed E-state index contributed by atoms with van der Waals surface area (Å²) in [6.07, 6.45) is 2.08. The van der Waals surface area contributed by atoms with Gasteiger partial charge in [-0.3, -0.25) is 14.5 Å². The second-order valence-corrected chi connectivity index (χ2v) is 5.81. The molecule has 0 spiro atoms. The van der Waals surface area contributed by atoms with Crippen LogP contribution < -0.4 is 5.32 Å². The van der Waals surface area contributed by atoms with E-state index in [1.54, 1.807) is 24.4 Å². The van der Waals surface area contributed by atoms with E-state index in [0.29, 0.717) is 17.9 Å². The van der Waals surface area contributed by atoms with Crippen molar-refractivity contribution in [3.05, 3.63) is 71.3 Å². The van der Waals surface area contributed by atoms with Gasteiger partial charge in [0.1, 0.15) is 6.04 Å². The summed E-state index contributed by atoms with van der Waals surface area (Å²) in [5.41, 5.74) is 2.13. The van der Waals surface area contributed by atoms with Crippen molar-refractivity contribution in [2.45, 2.75) is 18.3 Å². The number of likely N-dealkylation sites (N-methyl/N-ethyl adjacent to an activating group) is 1. The van der Waals surface area contributed by atoms with Crippen molar-refractivity contribution in [3.63, 3.8) is 0 Å². The van der Waals surface area contributed by atoms with E-state index < -0.39 is 11.9 Å². The van der Waals surface area contributed by atoms with Gasteiger partial charge in [0, 0.05) is 24.9 Å². The van der Waals surface area contributed by atoms with E-state index >= 15 is 0 Å². The van der Waals surface area contributed by atoms with Crippen molar-refractivity contribution in [1.29, 1.82) is 5.26 Å². The van der Waals surface area contributed by atoms with E-state index in [1.807, 2.05) is 36.4 Å². The molecule has 5 nitrogen and oxygen atoms in total. The molecule has 25 heavy (non-hydrogen) atoms. The maximum Gasteiger partial charge on any atom is 0.258 e. The third-order valence-electron chi connectivity index (χ3n) is 3.71. The maximum absolute atomic E-state index is 12.5. The first-order valence-electron chi connectivity index (χ1n) is 7.72. The molecule has 2 aromatic carbocycles. The molecule has 0 aromatic heterocycles. The highest BCUT2D eigenvalue weighted by Gasteiger charge is 2.25. The number of nitrogens with zero attached hydrogens (tertiary/aromatic N) is 2. The van der Waals surface area contributed by atoms with Crippen LogP contribution in [0.3, 0.4) is 0 Å². The lowest BCUT2D eigenvalue weighted by molar-refractivity contribution is -0.129. The number of carbonyl (C=O) groups excluding carboxylic acids is 2. The largest absolute Gasteiger partial charge is 0.340 e. The first kappa shape index (κ1) is 18.5. The van der Waals surface area contributed by atoms with Crippen LogP contribution in [0.2, 0.25) is 0 Å². The van der Waals surface area contributed by atoms with E-state index in [0.717, 1.165) is 16.0 Å². The summed E-state index contributed by atoms with van der Waals surface area (Å²) in [6, 6.07) is 15.4. The minimum Gasteiger partial charge on any atom is -0.340 e. The van der Waals surface area contributed by atoms with Gasteiger partial charge < -0.3 is 5.32 Å². The smallest absolute Gasteiger partial charge is 0.258 e. The third kappa shape index (κ3) is 5.07. The number of hydrogen-bond donors (Lipinski definition) is 1. The average molecular weight is 356 g/mol. The first-order valence-corrected chi connectivity index (χ1v) is 8.25. The summed E-state index contributed by atoms with van der Waals surface area (Å²) in [6.45, 7) is 0. The lowest BCUT2D eigenvalue weighted by Crippen LogP contribution is -2.47. The van der Waals surface area contributed by atoms with E-state index in [-0.39, 0.29) is 5.91 Å². The Bertz CT molecular complexity index is 787. The van der Waals surface area contributed by atoms with Crippen molar-refractivity contribution >= 4 is 23.4 Å². The van der Waals surface area contributed by atoms with Gasteiger partial charge in [-0.15, -0.1) is 11.6 Å². The van der Waals surface area contributed by atoms with Gasteiger partial charge in [-0.2, -0.15) is 5.26 Å². The highest BCUT2D eigenvalue weighted by atomic mass is 35.5. The van der Waals surface area contributed by atoms with Gasteiger partial charge in [0.25, 0.3) is 11.8 Å². The SMILES string of the molecule is CN(C#N)C(=O)C(Cc1ccccc1)NC(=O)c1cccc(CCl)c1. The van der Waals surface area contributed by atoms with Crippen LogP contribution in [0.4, 0.5) is 0 Å². The molecule has 0 heterocycles. The van der Waals surface area contributed by atoms with Crippen LogP contribution in [-0.2, 0) is 17.1 Å². The Kier molecular flexibility index (Phi) is 6.55. The van der Waals surface area contributed by atoms with Crippen LogP contribution in [0, 0.1) is 11.5 Å². The number of halogens is 1. The molecular formula is C19H18ClN3O2. The topological polar surface area (TPSA) is 73.2 Å². The molecule has 0 aliphatic carbocycles. The minimum absolute atomic E-state index is 0.296. The third-order valence-corrected chi connectivity index (χ3v) is 4.02. The molecule has 1 N–H and O–H groups in total. The zero-order chi connectivity index (χ0) is 18.2. The van der Waals surface area contributed by atoms with Crippen LogP contribution in [0.5, 0.6) is 0 Å². The van der Waals surface area contributed by atoms with E-state index in [4.69, 9.17) is 16.9 Å². The summed E-state index contributed by atoms with van der Waals surface area (Å²) in [5, 5.41) is 11.7. The van der Waals surface area contributed by atoms with Crippen LogP contribution in [0.25, 0.3) is 0 Å². The molecular weight excluding hydrogens is 338 g/mol. The molecule has 0 aliphatic rings. The Morgan fingerprint density at radius 1 is 1.16 bits per heavy atom. The number of nitriles is 1. The number of carbonyl (C=O) groups is 2. The van der Waals surface area contributed by atoms with Gasteiger partial charge in [-0.25, -0.2) is 0 Å². The number of alkyl halides is 1. The molecule has 128 valence electrons. The van der Waals surface area contributed by atoms with E-state index in [2.05, 4.69) is 5.32 Å². The van der Waals surface area contributed by atoms with Crippen molar-refractivity contribution in [2.75, 3.05) is 7.05 Å². The van der Waals surface area contributed by atoms with Crippen molar-refractivity contribution in [3.8, 4) is 6.19 Å². The fourth-order valence-corrected chi connectivity index (χ4v) is 2.54. The first-order chi connectivity index (χ1) is 12.0. The molecule has 1 unspecified atom stereocenters. The standard InChI is InChI=1S/C19H18ClN3O2/c1-23(13-21)19(25)17(11-14-6-3-2-4-7-14)22-18(24)16-9-5-8-15(10-16)12-20/h2-10,17H,11-12H2,1H3,(H,22,24). The van der Waals surface area contributed by atoms with E-state index in [9.17, 15) is 9.59 Å². The number of nitrogens with one attached hydrogen (secondary N) is 1. The van der Waals surface area contributed by atoms with Crippen LogP contribution in [0.15, 0.2) is 54.6 Å². The second kappa shape index (κ2) is 8.86. The fraction of sp³-hybridized carbons (Fsp3) is 0.211. The Labute approximate surface area is 151 Å². The molecule has 0 bridgehead atoms. The van der Waals surface area contributed by atoms with Gasteiger partial charge in [-0.1, -0.05) is 42.5 Å². The summed E-state index contributed by atoms with van der Waals surface area (Å²) < 4.78 is 0. The zero-order valence-corrected chi connectivity index (χ0v) is 14.5. The average Bonchev–Trinajstić information content (AvgIpc) is 2.67.